The highest BCUT2D eigenvalue weighted by Gasteiger charge is 2.25. The van der Waals surface area contributed by atoms with E-state index in [2.05, 4.69) is 6.92 Å². The third kappa shape index (κ3) is 4.46. The molecule has 6 heteroatoms. The largest absolute Gasteiger partial charge is 0.492 e. The topological polar surface area (TPSA) is 63.2 Å². The van der Waals surface area contributed by atoms with Gasteiger partial charge in [-0.25, -0.2) is 0 Å². The molecular formula is C18H26O6. The maximum atomic E-state index is 11.6. The molecule has 0 aliphatic carbocycles. The second-order valence-electron chi connectivity index (χ2n) is 5.62. The summed E-state index contributed by atoms with van der Waals surface area (Å²) in [7, 11) is 3.17. The predicted molar refractivity (Wildman–Crippen MR) is 89.1 cm³/mol. The third-order valence-electron chi connectivity index (χ3n) is 3.90. The molecule has 1 aromatic rings. The zero-order valence-corrected chi connectivity index (χ0v) is 14.7. The molecule has 0 unspecified atom stereocenters. The van der Waals surface area contributed by atoms with E-state index in [1.54, 1.807) is 14.2 Å². The molecule has 0 bridgehead atoms. The Morgan fingerprint density at radius 3 is 2.62 bits per heavy atom. The van der Waals surface area contributed by atoms with Crippen molar-refractivity contribution in [3.8, 4) is 23.0 Å². The van der Waals surface area contributed by atoms with Crippen molar-refractivity contribution in [3.05, 3.63) is 11.6 Å². The Morgan fingerprint density at radius 2 is 1.92 bits per heavy atom. The summed E-state index contributed by atoms with van der Waals surface area (Å²) >= 11 is 0. The second-order valence-corrected chi connectivity index (χ2v) is 5.62. The number of benzene rings is 1. The maximum Gasteiger partial charge on any atom is 0.305 e. The van der Waals surface area contributed by atoms with E-state index in [-0.39, 0.29) is 12.8 Å². The van der Waals surface area contributed by atoms with Crippen molar-refractivity contribution in [2.24, 2.45) is 0 Å². The van der Waals surface area contributed by atoms with E-state index < -0.39 is 0 Å². The highest BCUT2D eigenvalue weighted by Crippen LogP contribution is 2.49. The highest BCUT2D eigenvalue weighted by atomic mass is 16.7. The summed E-state index contributed by atoms with van der Waals surface area (Å²) in [5.74, 6) is 2.27. The smallest absolute Gasteiger partial charge is 0.305 e. The number of rotatable bonds is 10. The van der Waals surface area contributed by atoms with Crippen molar-refractivity contribution in [2.75, 3.05) is 27.6 Å². The SMILES string of the molecule is CCCCCC(=O)OCCCc1cc2c(c(OC)c1OC)OCO2. The van der Waals surface area contributed by atoms with Gasteiger partial charge in [0.2, 0.25) is 18.3 Å². The quantitative estimate of drug-likeness (QED) is 0.481. The number of carbonyl (C=O) groups excluding carboxylic acids is 1. The van der Waals surface area contributed by atoms with Gasteiger partial charge in [0.25, 0.3) is 0 Å². The maximum absolute atomic E-state index is 11.6. The van der Waals surface area contributed by atoms with Crippen LogP contribution in [0.15, 0.2) is 6.07 Å². The lowest BCUT2D eigenvalue weighted by molar-refractivity contribution is -0.143. The third-order valence-corrected chi connectivity index (χ3v) is 3.90. The van der Waals surface area contributed by atoms with Gasteiger partial charge in [0.1, 0.15) is 0 Å². The fourth-order valence-electron chi connectivity index (χ4n) is 2.68. The Balaban J connectivity index is 1.90. The van der Waals surface area contributed by atoms with Crippen LogP contribution in [-0.4, -0.2) is 33.6 Å². The molecule has 0 radical (unpaired) electrons. The van der Waals surface area contributed by atoms with Gasteiger partial charge in [0.15, 0.2) is 11.5 Å². The minimum atomic E-state index is -0.126. The summed E-state index contributed by atoms with van der Waals surface area (Å²) in [6.07, 6.45) is 4.94. The van der Waals surface area contributed by atoms with Crippen LogP contribution >= 0.6 is 0 Å². The molecule has 0 saturated carbocycles. The fraction of sp³-hybridized carbons (Fsp3) is 0.611. The molecule has 1 aliphatic rings. The standard InChI is InChI=1S/C18H26O6/c1-4-5-6-9-15(19)22-10-7-8-13-11-14-17(24-12-23-14)18(21-3)16(13)20-2/h11H,4-10,12H2,1-3H3. The molecule has 1 aliphatic heterocycles. The molecule has 1 heterocycles. The molecule has 0 aromatic heterocycles. The first-order valence-corrected chi connectivity index (χ1v) is 8.40. The number of carbonyl (C=O) groups is 1. The molecule has 0 amide bonds. The van der Waals surface area contributed by atoms with Crippen LogP contribution in [0.5, 0.6) is 23.0 Å². The van der Waals surface area contributed by atoms with Crippen molar-refractivity contribution in [3.63, 3.8) is 0 Å². The number of aryl methyl sites for hydroxylation is 1. The molecule has 2 rings (SSSR count). The van der Waals surface area contributed by atoms with Crippen LogP contribution < -0.4 is 18.9 Å². The number of hydrogen-bond donors (Lipinski definition) is 0. The van der Waals surface area contributed by atoms with Gasteiger partial charge >= 0.3 is 5.97 Å². The van der Waals surface area contributed by atoms with Crippen molar-refractivity contribution in [1.82, 2.24) is 0 Å². The Morgan fingerprint density at radius 1 is 1.12 bits per heavy atom. The van der Waals surface area contributed by atoms with E-state index in [4.69, 9.17) is 23.7 Å². The zero-order valence-electron chi connectivity index (χ0n) is 14.7. The molecule has 6 nitrogen and oxygen atoms in total. The number of methoxy groups -OCH3 is 2. The molecule has 0 fully saturated rings. The Labute approximate surface area is 143 Å². The Kier molecular flexibility index (Phi) is 7.03. The number of unbranched alkanes of at least 4 members (excludes halogenated alkanes) is 2. The van der Waals surface area contributed by atoms with Crippen LogP contribution in [-0.2, 0) is 16.0 Å². The van der Waals surface area contributed by atoms with Crippen molar-refractivity contribution in [2.45, 2.75) is 45.4 Å². The molecule has 24 heavy (non-hydrogen) atoms. The monoisotopic (exact) mass is 338 g/mol. The van der Waals surface area contributed by atoms with E-state index in [1.807, 2.05) is 6.07 Å². The number of hydrogen-bond acceptors (Lipinski definition) is 6. The van der Waals surface area contributed by atoms with Crippen molar-refractivity contribution in [1.29, 1.82) is 0 Å². The van der Waals surface area contributed by atoms with Crippen LogP contribution in [0.3, 0.4) is 0 Å². The van der Waals surface area contributed by atoms with E-state index in [9.17, 15) is 4.79 Å². The minimum absolute atomic E-state index is 0.126. The van der Waals surface area contributed by atoms with E-state index in [0.717, 1.165) is 24.8 Å². The summed E-state index contributed by atoms with van der Waals surface area (Å²) in [4.78, 5) is 11.6. The van der Waals surface area contributed by atoms with Crippen LogP contribution in [0.25, 0.3) is 0 Å². The van der Waals surface area contributed by atoms with Gasteiger partial charge in [-0.2, -0.15) is 0 Å². The van der Waals surface area contributed by atoms with Gasteiger partial charge in [-0.3, -0.25) is 4.79 Å². The normalized spacial score (nSPS) is 12.1. The van der Waals surface area contributed by atoms with Crippen LogP contribution in [0.2, 0.25) is 0 Å². The zero-order chi connectivity index (χ0) is 17.4. The number of ether oxygens (including phenoxy) is 5. The summed E-state index contributed by atoms with van der Waals surface area (Å²) in [6, 6.07) is 1.90. The van der Waals surface area contributed by atoms with Crippen LogP contribution in [0, 0.1) is 0 Å². The molecule has 0 spiro atoms. The molecule has 1 aromatic carbocycles. The van der Waals surface area contributed by atoms with Crippen molar-refractivity contribution < 1.29 is 28.5 Å². The van der Waals surface area contributed by atoms with Gasteiger partial charge in [-0.05, 0) is 25.3 Å². The number of fused-ring (bicyclic) bond motifs is 1. The van der Waals surface area contributed by atoms with E-state index in [0.29, 0.717) is 48.9 Å². The second kappa shape index (κ2) is 9.25. The first kappa shape index (κ1) is 18.2. The molecular weight excluding hydrogens is 312 g/mol. The molecule has 134 valence electrons. The summed E-state index contributed by atoms with van der Waals surface area (Å²) < 4.78 is 27.0. The van der Waals surface area contributed by atoms with Gasteiger partial charge in [-0.15, -0.1) is 0 Å². The summed E-state index contributed by atoms with van der Waals surface area (Å²) in [6.45, 7) is 2.68. The minimum Gasteiger partial charge on any atom is -0.492 e. The average Bonchev–Trinajstić information content (AvgIpc) is 3.05. The van der Waals surface area contributed by atoms with Crippen LogP contribution in [0.4, 0.5) is 0 Å². The fourth-order valence-corrected chi connectivity index (χ4v) is 2.68. The van der Waals surface area contributed by atoms with Crippen LogP contribution in [0.1, 0.15) is 44.6 Å². The van der Waals surface area contributed by atoms with Gasteiger partial charge < -0.3 is 23.7 Å². The van der Waals surface area contributed by atoms with Crippen molar-refractivity contribution >= 4 is 5.97 Å². The Hall–Kier alpha value is -2.11. The lowest BCUT2D eigenvalue weighted by Gasteiger charge is -2.15. The average molecular weight is 338 g/mol. The lowest BCUT2D eigenvalue weighted by atomic mass is 10.1. The first-order chi connectivity index (χ1) is 11.7. The van der Waals surface area contributed by atoms with Gasteiger partial charge in [-0.1, -0.05) is 19.8 Å². The van der Waals surface area contributed by atoms with E-state index >= 15 is 0 Å². The Bertz CT molecular complexity index is 555. The van der Waals surface area contributed by atoms with E-state index in [1.165, 1.54) is 0 Å². The highest BCUT2D eigenvalue weighted by molar-refractivity contribution is 5.69. The summed E-state index contributed by atoms with van der Waals surface area (Å²) in [5, 5.41) is 0. The molecule has 0 N–H and O–H groups in total. The predicted octanol–water partition coefficient (Wildman–Crippen LogP) is 3.49. The summed E-state index contributed by atoms with van der Waals surface area (Å²) in [5.41, 5.74) is 0.945. The molecule has 0 atom stereocenters. The van der Waals surface area contributed by atoms with Gasteiger partial charge in [0.05, 0.1) is 20.8 Å². The van der Waals surface area contributed by atoms with Gasteiger partial charge in [0, 0.05) is 12.0 Å². The lowest BCUT2D eigenvalue weighted by Crippen LogP contribution is -2.07. The number of esters is 1. The molecule has 0 saturated heterocycles. The first-order valence-electron chi connectivity index (χ1n) is 8.40.